The van der Waals surface area contributed by atoms with Crippen molar-refractivity contribution < 1.29 is 34.5 Å². The van der Waals surface area contributed by atoms with E-state index in [-0.39, 0.29) is 28.1 Å². The monoisotopic (exact) mass is 505 g/mol. The Morgan fingerprint density at radius 1 is 0.706 bits per heavy atom. The highest BCUT2D eigenvalue weighted by Crippen LogP contribution is 2.23. The normalized spacial score (nSPS) is 11.3. The highest BCUT2D eigenvalue weighted by molar-refractivity contribution is 7.85. The predicted octanol–water partition coefficient (Wildman–Crippen LogP) is 3.46. The van der Waals surface area contributed by atoms with Gasteiger partial charge in [-0.25, -0.2) is 19.3 Å². The van der Waals surface area contributed by atoms with E-state index in [4.69, 9.17) is 9.11 Å². The van der Waals surface area contributed by atoms with Crippen molar-refractivity contribution in [1.82, 2.24) is 15.0 Å². The van der Waals surface area contributed by atoms with Crippen LogP contribution in [0.15, 0.2) is 90.1 Å². The zero-order valence-corrected chi connectivity index (χ0v) is 18.7. The van der Waals surface area contributed by atoms with Gasteiger partial charge in [-0.05, 0) is 60.7 Å². The Morgan fingerprint density at radius 3 is 1.62 bits per heavy atom. The van der Waals surface area contributed by atoms with E-state index in [1.165, 1.54) is 67.0 Å². The molecule has 0 unspecified atom stereocenters. The molecule has 0 saturated carbocycles. The lowest BCUT2D eigenvalue weighted by Crippen LogP contribution is -2.06. The van der Waals surface area contributed by atoms with E-state index in [9.17, 15) is 21.2 Å². The Labute approximate surface area is 194 Å². The van der Waals surface area contributed by atoms with Crippen LogP contribution in [-0.2, 0) is 20.5 Å². The van der Waals surface area contributed by atoms with Crippen molar-refractivity contribution in [2.45, 2.75) is 4.90 Å². The summed E-state index contributed by atoms with van der Waals surface area (Å²) in [5.41, 5.74) is 1.02. The number of hydrogen-bond donors (Lipinski definition) is 2. The van der Waals surface area contributed by atoms with Crippen molar-refractivity contribution >= 4 is 20.5 Å². The molecule has 4 rings (SSSR count). The van der Waals surface area contributed by atoms with Gasteiger partial charge in [0.25, 0.3) is 10.1 Å². The Kier molecular flexibility index (Phi) is 7.63. The van der Waals surface area contributed by atoms with Crippen LogP contribution in [0.2, 0.25) is 0 Å². The van der Waals surface area contributed by atoms with Gasteiger partial charge in [0, 0.05) is 11.1 Å². The second-order valence-electron chi connectivity index (χ2n) is 6.46. The molecule has 0 aliphatic carbocycles. The van der Waals surface area contributed by atoms with E-state index in [0.29, 0.717) is 11.1 Å². The Morgan fingerprint density at radius 2 is 1.21 bits per heavy atom. The van der Waals surface area contributed by atoms with Gasteiger partial charge in [0.2, 0.25) is 0 Å². The largest absolute Gasteiger partial charge is 0.446 e. The maximum absolute atomic E-state index is 11.9. The Balaban J connectivity index is 0.000000396. The van der Waals surface area contributed by atoms with Crippen molar-refractivity contribution in [3.63, 3.8) is 0 Å². The Hall–Kier alpha value is -3.78. The van der Waals surface area contributed by atoms with Crippen LogP contribution >= 0.6 is 0 Å². The fraction of sp³-hybridized carbons (Fsp3) is 0. The maximum atomic E-state index is 11.9. The molecule has 3 aromatic carbocycles. The van der Waals surface area contributed by atoms with Crippen molar-refractivity contribution in [1.29, 1.82) is 0 Å². The number of benzene rings is 3. The van der Waals surface area contributed by atoms with E-state index < -0.39 is 20.5 Å². The van der Waals surface area contributed by atoms with Crippen LogP contribution < -0.4 is 4.18 Å². The highest BCUT2D eigenvalue weighted by Gasteiger charge is 2.12. The predicted molar refractivity (Wildman–Crippen MR) is 119 cm³/mol. The molecule has 0 aliphatic rings. The van der Waals surface area contributed by atoms with E-state index in [1.54, 1.807) is 18.2 Å². The molecule has 0 radical (unpaired) electrons. The molecule has 0 bridgehead atoms. The van der Waals surface area contributed by atoms with Gasteiger partial charge in [-0.2, -0.15) is 16.8 Å². The molecule has 0 atom stereocenters. The molecule has 0 fully saturated rings. The van der Waals surface area contributed by atoms with Gasteiger partial charge in [0.05, 0.1) is 4.90 Å². The lowest BCUT2D eigenvalue weighted by Gasteiger charge is -2.05. The van der Waals surface area contributed by atoms with Crippen LogP contribution in [0.25, 0.3) is 22.8 Å². The van der Waals surface area contributed by atoms with Gasteiger partial charge in [0.15, 0.2) is 11.6 Å². The number of halogens is 1. The summed E-state index contributed by atoms with van der Waals surface area (Å²) in [5, 5.41) is 0. The first-order chi connectivity index (χ1) is 16.0. The number of aromatic nitrogens is 3. The van der Waals surface area contributed by atoms with E-state index >= 15 is 0 Å². The fourth-order valence-corrected chi connectivity index (χ4v) is 3.38. The highest BCUT2D eigenvalue weighted by atomic mass is 32.3. The zero-order chi connectivity index (χ0) is 24.8. The minimum Gasteiger partial charge on any atom is -0.362 e. The summed E-state index contributed by atoms with van der Waals surface area (Å²) in [6, 6.07) is 18.8. The molecular weight excluding hydrogens is 489 g/mol. The molecule has 176 valence electrons. The standard InChI is InChI=1S/C15H11N3O7S2.C6H5F/c19-26(20,21)13-7-3-11(4-8-13)15-17-9-16-14(18-15)10-1-5-12(6-2-10)25-27(22,23)24;7-6-4-2-1-3-5-6/h1-9H,(H,19,20,21)(H,22,23,24);1-5H. The molecule has 0 saturated heterocycles. The smallest absolute Gasteiger partial charge is 0.362 e. The third-order valence-corrected chi connectivity index (χ3v) is 5.30. The van der Waals surface area contributed by atoms with E-state index in [0.717, 1.165) is 0 Å². The second kappa shape index (κ2) is 10.4. The van der Waals surface area contributed by atoms with E-state index in [1.807, 2.05) is 0 Å². The first-order valence-electron chi connectivity index (χ1n) is 9.26. The topological polar surface area (TPSA) is 157 Å². The van der Waals surface area contributed by atoms with Gasteiger partial charge < -0.3 is 4.18 Å². The summed E-state index contributed by atoms with van der Waals surface area (Å²) in [6.07, 6.45) is 1.26. The molecule has 0 amide bonds. The van der Waals surface area contributed by atoms with Crippen LogP contribution in [0, 0.1) is 5.82 Å². The van der Waals surface area contributed by atoms with Crippen LogP contribution in [0.1, 0.15) is 0 Å². The molecule has 4 aromatic rings. The van der Waals surface area contributed by atoms with Gasteiger partial charge >= 0.3 is 10.4 Å². The minimum absolute atomic E-state index is 0.0867. The molecule has 1 aromatic heterocycles. The lowest BCUT2D eigenvalue weighted by atomic mass is 10.2. The van der Waals surface area contributed by atoms with Gasteiger partial charge in [-0.1, -0.05) is 18.2 Å². The third-order valence-electron chi connectivity index (χ3n) is 4.03. The van der Waals surface area contributed by atoms with Crippen molar-refractivity contribution in [2.24, 2.45) is 0 Å². The fourth-order valence-electron chi connectivity index (χ4n) is 2.55. The minimum atomic E-state index is -4.61. The molecular formula is C21H16FN3O7S2. The van der Waals surface area contributed by atoms with Crippen LogP contribution in [0.4, 0.5) is 4.39 Å². The van der Waals surface area contributed by atoms with Crippen LogP contribution in [0.5, 0.6) is 5.75 Å². The van der Waals surface area contributed by atoms with Crippen molar-refractivity contribution in [3.05, 3.63) is 91.0 Å². The third kappa shape index (κ3) is 7.38. The number of nitrogens with zero attached hydrogens (tertiary/aromatic N) is 3. The van der Waals surface area contributed by atoms with E-state index in [2.05, 4.69) is 19.1 Å². The summed E-state index contributed by atoms with van der Waals surface area (Å²) in [6.45, 7) is 0. The quantitative estimate of drug-likeness (QED) is 0.385. The molecule has 0 aliphatic heterocycles. The van der Waals surface area contributed by atoms with Crippen LogP contribution in [-0.4, -0.2) is 40.9 Å². The molecule has 34 heavy (non-hydrogen) atoms. The van der Waals surface area contributed by atoms with Crippen LogP contribution in [0.3, 0.4) is 0 Å². The van der Waals surface area contributed by atoms with Crippen molar-refractivity contribution in [3.8, 4) is 28.5 Å². The zero-order valence-electron chi connectivity index (χ0n) is 17.1. The summed E-state index contributed by atoms with van der Waals surface area (Å²) in [4.78, 5) is 12.1. The summed E-state index contributed by atoms with van der Waals surface area (Å²) in [5.74, 6) is 0.274. The molecule has 1 heterocycles. The first-order valence-corrected chi connectivity index (χ1v) is 12.1. The second-order valence-corrected chi connectivity index (χ2v) is 8.91. The summed E-state index contributed by atoms with van der Waals surface area (Å²) in [7, 11) is -8.91. The average molecular weight is 506 g/mol. The number of hydrogen-bond acceptors (Lipinski definition) is 8. The SMILES string of the molecule is Fc1ccccc1.O=S(=O)(O)Oc1ccc(-c2ncnc(-c3ccc(S(=O)(=O)O)cc3)n2)cc1. The molecule has 13 heteroatoms. The van der Waals surface area contributed by atoms with Gasteiger partial charge in [-0.15, -0.1) is 0 Å². The molecule has 10 nitrogen and oxygen atoms in total. The summed E-state index contributed by atoms with van der Waals surface area (Å²) >= 11 is 0. The van der Waals surface area contributed by atoms with Crippen molar-refractivity contribution in [2.75, 3.05) is 0 Å². The molecule has 0 spiro atoms. The lowest BCUT2D eigenvalue weighted by molar-refractivity contribution is 0.387. The Bertz CT molecular complexity index is 1470. The summed E-state index contributed by atoms with van der Waals surface area (Å²) < 4.78 is 77.4. The molecule has 2 N–H and O–H groups in total. The maximum Gasteiger partial charge on any atom is 0.446 e. The first kappa shape index (κ1) is 24.9. The number of rotatable bonds is 5. The van der Waals surface area contributed by atoms with Gasteiger partial charge in [-0.3, -0.25) is 9.11 Å². The average Bonchev–Trinajstić information content (AvgIpc) is 2.79. The van der Waals surface area contributed by atoms with Gasteiger partial charge in [0.1, 0.15) is 17.9 Å².